The Kier molecular flexibility index (Phi) is 7.80. The zero-order valence-electron chi connectivity index (χ0n) is 22.4. The molecule has 0 unspecified atom stereocenters. The first kappa shape index (κ1) is 26.8. The maximum absolute atomic E-state index is 13.3. The highest BCUT2D eigenvalue weighted by Crippen LogP contribution is 2.34. The van der Waals surface area contributed by atoms with Crippen molar-refractivity contribution < 1.29 is 19.1 Å². The fourth-order valence-electron chi connectivity index (χ4n) is 4.51. The Balaban J connectivity index is 1.44. The standard InChI is InChI=1S/C28H34N6O4/c1-17-6-11-23(20-9-7-19(8-10-20)22-12-13-30-33-22)34(16-17)26(36)25(35)31-21-14-18(2)24(29-15-21)32-27(37)38-28(3,4)5/h7-10,12-15,17,23H,6,11,16H2,1-5H3,(H,30,33)(H,31,35)(H,29,32,37)/t17-,23+/m1/s1. The van der Waals surface area contributed by atoms with Gasteiger partial charge in [0.15, 0.2) is 0 Å². The van der Waals surface area contributed by atoms with Crippen molar-refractivity contribution in [3.05, 3.63) is 59.9 Å². The molecule has 2 atom stereocenters. The molecule has 1 aliphatic rings. The van der Waals surface area contributed by atoms with Gasteiger partial charge in [0, 0.05) is 12.7 Å². The van der Waals surface area contributed by atoms with Gasteiger partial charge in [-0.15, -0.1) is 0 Å². The van der Waals surface area contributed by atoms with Crippen LogP contribution in [-0.2, 0) is 14.3 Å². The summed E-state index contributed by atoms with van der Waals surface area (Å²) in [4.78, 5) is 44.3. The fraction of sp³-hybridized carbons (Fsp3) is 0.393. The number of hydrogen-bond acceptors (Lipinski definition) is 6. The highest BCUT2D eigenvalue weighted by Gasteiger charge is 2.34. The van der Waals surface area contributed by atoms with Gasteiger partial charge in [0.05, 0.1) is 23.6 Å². The average molecular weight is 519 g/mol. The molecule has 4 rings (SSSR count). The third-order valence-corrected chi connectivity index (χ3v) is 6.34. The SMILES string of the molecule is Cc1cc(NC(=O)C(=O)N2C[C@H](C)CC[C@H]2c2ccc(-c3ccn[nH]3)cc2)cnc1NC(=O)OC(C)(C)C. The highest BCUT2D eigenvalue weighted by atomic mass is 16.6. The molecule has 10 nitrogen and oxygen atoms in total. The van der Waals surface area contributed by atoms with Crippen molar-refractivity contribution >= 4 is 29.4 Å². The number of nitrogens with zero attached hydrogens (tertiary/aromatic N) is 3. The molecule has 1 aromatic carbocycles. The maximum atomic E-state index is 13.3. The van der Waals surface area contributed by atoms with Crippen LogP contribution < -0.4 is 10.6 Å². The molecule has 38 heavy (non-hydrogen) atoms. The lowest BCUT2D eigenvalue weighted by atomic mass is 9.89. The fourth-order valence-corrected chi connectivity index (χ4v) is 4.51. The summed E-state index contributed by atoms with van der Waals surface area (Å²) in [6, 6.07) is 11.3. The van der Waals surface area contributed by atoms with E-state index in [2.05, 4.69) is 32.7 Å². The number of carbonyl (C=O) groups excluding carboxylic acids is 3. The number of ether oxygens (including phenoxy) is 1. The molecule has 1 fully saturated rings. The average Bonchev–Trinajstić information content (AvgIpc) is 3.39. The number of anilines is 2. The third-order valence-electron chi connectivity index (χ3n) is 6.34. The molecule has 0 saturated carbocycles. The van der Waals surface area contributed by atoms with Gasteiger partial charge in [-0.1, -0.05) is 31.2 Å². The largest absolute Gasteiger partial charge is 0.444 e. The molecular weight excluding hydrogens is 484 g/mol. The van der Waals surface area contributed by atoms with Crippen molar-refractivity contribution in [2.24, 2.45) is 5.92 Å². The molecule has 0 spiro atoms. The summed E-state index contributed by atoms with van der Waals surface area (Å²) in [6.07, 6.45) is 4.22. The maximum Gasteiger partial charge on any atom is 0.413 e. The lowest BCUT2D eigenvalue weighted by Gasteiger charge is -2.38. The van der Waals surface area contributed by atoms with Crippen molar-refractivity contribution in [1.29, 1.82) is 0 Å². The van der Waals surface area contributed by atoms with E-state index in [9.17, 15) is 14.4 Å². The molecule has 3 aromatic rings. The molecule has 10 heteroatoms. The molecule has 200 valence electrons. The minimum atomic E-state index is -0.729. The van der Waals surface area contributed by atoms with Crippen LogP contribution in [0.2, 0.25) is 0 Å². The molecule has 0 radical (unpaired) electrons. The van der Waals surface area contributed by atoms with Crippen LogP contribution in [0.15, 0.2) is 48.8 Å². The van der Waals surface area contributed by atoms with E-state index in [0.29, 0.717) is 23.6 Å². The summed E-state index contributed by atoms with van der Waals surface area (Å²) in [5, 5.41) is 12.2. The molecule has 2 aromatic heterocycles. The molecule has 3 N–H and O–H groups in total. The van der Waals surface area contributed by atoms with Gasteiger partial charge >= 0.3 is 17.9 Å². The number of aromatic amines is 1. The summed E-state index contributed by atoms with van der Waals surface area (Å²) in [5.74, 6) is -0.721. The van der Waals surface area contributed by atoms with E-state index >= 15 is 0 Å². The van der Waals surface area contributed by atoms with E-state index < -0.39 is 23.5 Å². The zero-order valence-corrected chi connectivity index (χ0v) is 22.4. The summed E-state index contributed by atoms with van der Waals surface area (Å²) < 4.78 is 5.26. The van der Waals surface area contributed by atoms with Crippen LogP contribution in [0.25, 0.3) is 11.3 Å². The van der Waals surface area contributed by atoms with Crippen LogP contribution in [-0.4, -0.2) is 50.1 Å². The van der Waals surface area contributed by atoms with Gasteiger partial charge in [-0.25, -0.2) is 9.78 Å². The molecule has 0 bridgehead atoms. The summed E-state index contributed by atoms with van der Waals surface area (Å²) in [7, 11) is 0. The predicted molar refractivity (Wildman–Crippen MR) is 144 cm³/mol. The summed E-state index contributed by atoms with van der Waals surface area (Å²) >= 11 is 0. The number of hydrogen-bond donors (Lipinski definition) is 3. The molecule has 1 aliphatic heterocycles. The minimum absolute atomic E-state index is 0.194. The Morgan fingerprint density at radius 1 is 1.08 bits per heavy atom. The van der Waals surface area contributed by atoms with Crippen LogP contribution in [0.5, 0.6) is 0 Å². The summed E-state index contributed by atoms with van der Waals surface area (Å²) in [5.41, 5.74) is 3.23. The second-order valence-corrected chi connectivity index (χ2v) is 10.7. The van der Waals surface area contributed by atoms with Crippen LogP contribution >= 0.6 is 0 Å². The predicted octanol–water partition coefficient (Wildman–Crippen LogP) is 5.07. The van der Waals surface area contributed by atoms with E-state index in [1.807, 2.05) is 30.3 Å². The molecule has 0 aliphatic carbocycles. The Labute approximate surface area is 222 Å². The number of H-pyrrole nitrogens is 1. The lowest BCUT2D eigenvalue weighted by Crippen LogP contribution is -2.46. The quantitative estimate of drug-likeness (QED) is 0.414. The Hall–Kier alpha value is -4.21. The minimum Gasteiger partial charge on any atom is -0.444 e. The van der Waals surface area contributed by atoms with Crippen molar-refractivity contribution in [2.45, 2.75) is 59.1 Å². The second-order valence-electron chi connectivity index (χ2n) is 10.7. The van der Waals surface area contributed by atoms with Crippen LogP contribution in [0.4, 0.5) is 16.3 Å². The zero-order chi connectivity index (χ0) is 27.4. The van der Waals surface area contributed by atoms with Gasteiger partial charge in [0.1, 0.15) is 11.4 Å². The number of carbonyl (C=O) groups is 3. The number of pyridine rings is 1. The van der Waals surface area contributed by atoms with Gasteiger partial charge in [-0.05, 0) is 75.3 Å². The molecule has 3 amide bonds. The number of aromatic nitrogens is 3. The highest BCUT2D eigenvalue weighted by molar-refractivity contribution is 6.39. The van der Waals surface area contributed by atoms with Crippen molar-refractivity contribution in [2.75, 3.05) is 17.2 Å². The van der Waals surface area contributed by atoms with Gasteiger partial charge < -0.3 is 15.0 Å². The van der Waals surface area contributed by atoms with Crippen LogP contribution in [0.1, 0.15) is 57.7 Å². The lowest BCUT2D eigenvalue weighted by molar-refractivity contribution is -0.146. The van der Waals surface area contributed by atoms with Crippen LogP contribution in [0, 0.1) is 12.8 Å². The van der Waals surface area contributed by atoms with Gasteiger partial charge in [0.2, 0.25) is 0 Å². The first-order chi connectivity index (χ1) is 18.0. The monoisotopic (exact) mass is 518 g/mol. The normalized spacial score (nSPS) is 17.6. The molecule has 3 heterocycles. The number of nitrogens with one attached hydrogen (secondary N) is 3. The first-order valence-corrected chi connectivity index (χ1v) is 12.7. The van der Waals surface area contributed by atoms with E-state index in [1.165, 1.54) is 6.20 Å². The van der Waals surface area contributed by atoms with E-state index in [0.717, 1.165) is 29.7 Å². The van der Waals surface area contributed by atoms with E-state index in [-0.39, 0.29) is 12.0 Å². The molecule has 1 saturated heterocycles. The van der Waals surface area contributed by atoms with Crippen LogP contribution in [0.3, 0.4) is 0 Å². The number of aryl methyl sites for hydroxylation is 1. The van der Waals surface area contributed by atoms with Gasteiger partial charge in [-0.3, -0.25) is 20.0 Å². The number of benzene rings is 1. The van der Waals surface area contributed by atoms with Gasteiger partial charge in [-0.2, -0.15) is 5.10 Å². The smallest absolute Gasteiger partial charge is 0.413 e. The second kappa shape index (κ2) is 11.0. The first-order valence-electron chi connectivity index (χ1n) is 12.7. The number of rotatable bonds is 4. The number of amides is 3. The van der Waals surface area contributed by atoms with Crippen molar-refractivity contribution in [3.63, 3.8) is 0 Å². The molecular formula is C28H34N6O4. The number of likely N-dealkylation sites (tertiary alicyclic amines) is 1. The number of piperidine rings is 1. The van der Waals surface area contributed by atoms with Crippen molar-refractivity contribution in [1.82, 2.24) is 20.1 Å². The Bertz CT molecular complexity index is 1300. The third kappa shape index (κ3) is 6.56. The Morgan fingerprint density at radius 3 is 2.45 bits per heavy atom. The summed E-state index contributed by atoms with van der Waals surface area (Å²) in [6.45, 7) is 9.63. The van der Waals surface area contributed by atoms with E-state index in [4.69, 9.17) is 4.74 Å². The van der Waals surface area contributed by atoms with E-state index in [1.54, 1.807) is 44.9 Å². The topological polar surface area (TPSA) is 129 Å². The van der Waals surface area contributed by atoms with Crippen molar-refractivity contribution in [3.8, 4) is 11.3 Å². The Morgan fingerprint density at radius 2 is 1.82 bits per heavy atom. The van der Waals surface area contributed by atoms with Gasteiger partial charge in [0.25, 0.3) is 0 Å².